The van der Waals surface area contributed by atoms with Crippen molar-refractivity contribution in [2.45, 2.75) is 45.6 Å². The van der Waals surface area contributed by atoms with Gasteiger partial charge in [-0.25, -0.2) is 0 Å². The Hall–Kier alpha value is -1.83. The van der Waals surface area contributed by atoms with Crippen LogP contribution in [0.15, 0.2) is 43.0 Å². The number of β-lactam (4-membered cyclic amide) rings is 1. The number of hydrogen-bond donors (Lipinski definition) is 0. The van der Waals surface area contributed by atoms with E-state index in [9.17, 15) is 9.59 Å². The van der Waals surface area contributed by atoms with Gasteiger partial charge in [0.1, 0.15) is 13.2 Å². The first kappa shape index (κ1) is 23.4. The monoisotopic (exact) mass is 433 g/mol. The maximum atomic E-state index is 13.0. The minimum Gasteiger partial charge on any atom is -0.460 e. The van der Waals surface area contributed by atoms with Crippen LogP contribution in [0.2, 0.25) is 19.6 Å². The van der Waals surface area contributed by atoms with Crippen LogP contribution in [0.5, 0.6) is 0 Å². The van der Waals surface area contributed by atoms with Gasteiger partial charge in [0.15, 0.2) is 8.32 Å². The molecule has 1 aliphatic rings. The van der Waals surface area contributed by atoms with Crippen LogP contribution in [0.25, 0.3) is 0 Å². The first-order valence-electron chi connectivity index (χ1n) is 9.91. The van der Waals surface area contributed by atoms with Gasteiger partial charge < -0.3 is 14.1 Å². The summed E-state index contributed by atoms with van der Waals surface area (Å²) < 4.78 is 11.3. The molecular weight excluding hydrogens is 402 g/mol. The van der Waals surface area contributed by atoms with Gasteiger partial charge in [0.25, 0.3) is 0 Å². The molecule has 158 valence electrons. The molecule has 0 bridgehead atoms. The fourth-order valence-corrected chi connectivity index (χ4v) is 5.36. The Kier molecular flexibility index (Phi) is 7.91. The summed E-state index contributed by atoms with van der Waals surface area (Å²) in [5.41, 5.74) is 0.959. The van der Waals surface area contributed by atoms with Crippen molar-refractivity contribution in [3.8, 4) is 0 Å². The summed E-state index contributed by atoms with van der Waals surface area (Å²) in [4.78, 5) is 27.5. The highest BCUT2D eigenvalue weighted by molar-refractivity contribution is 7.80. The highest BCUT2D eigenvalue weighted by Crippen LogP contribution is 2.38. The molecule has 1 aliphatic heterocycles. The molecule has 0 saturated carbocycles. The Morgan fingerprint density at radius 1 is 1.28 bits per heavy atom. The molecule has 1 amide bonds. The van der Waals surface area contributed by atoms with Crippen molar-refractivity contribution in [2.75, 3.05) is 13.2 Å². The summed E-state index contributed by atoms with van der Waals surface area (Å²) in [6.07, 6.45) is 1.27. The van der Waals surface area contributed by atoms with Crippen molar-refractivity contribution in [1.82, 2.24) is 4.90 Å². The molecular formula is C22H31NO4SSi. The Morgan fingerprint density at radius 2 is 1.90 bits per heavy atom. The summed E-state index contributed by atoms with van der Waals surface area (Å²) in [5.74, 6) is -0.960. The minimum absolute atomic E-state index is 0.0842. The molecule has 5 nitrogen and oxygen atoms in total. The number of thiocarbonyl (C=S) groups is 1. The number of rotatable bonds is 10. The lowest BCUT2D eigenvalue weighted by Crippen LogP contribution is -2.69. The first-order chi connectivity index (χ1) is 13.6. The van der Waals surface area contributed by atoms with Crippen LogP contribution >= 0.6 is 12.2 Å². The molecule has 1 saturated heterocycles. The van der Waals surface area contributed by atoms with Crippen LogP contribution in [0.4, 0.5) is 0 Å². The van der Waals surface area contributed by atoms with Crippen LogP contribution in [0.1, 0.15) is 19.4 Å². The summed E-state index contributed by atoms with van der Waals surface area (Å²) in [5, 5.41) is 0. The Bertz CT molecular complexity index is 762. The van der Waals surface area contributed by atoms with E-state index < -0.39 is 14.3 Å². The zero-order chi connectivity index (χ0) is 21.8. The Balaban J connectivity index is 2.24. The van der Waals surface area contributed by atoms with Crippen molar-refractivity contribution in [3.63, 3.8) is 0 Å². The van der Waals surface area contributed by atoms with E-state index in [1.54, 1.807) is 4.90 Å². The van der Waals surface area contributed by atoms with Crippen LogP contribution in [0.3, 0.4) is 0 Å². The minimum atomic E-state index is -1.83. The maximum Gasteiger partial charge on any atom is 0.325 e. The number of amides is 1. The van der Waals surface area contributed by atoms with Gasteiger partial charge in [0.2, 0.25) is 5.91 Å². The van der Waals surface area contributed by atoms with Gasteiger partial charge in [-0.2, -0.15) is 0 Å². The second-order valence-corrected chi connectivity index (χ2v) is 13.3. The van der Waals surface area contributed by atoms with E-state index in [-0.39, 0.29) is 43.0 Å². The lowest BCUT2D eigenvalue weighted by Gasteiger charge is -2.52. The second kappa shape index (κ2) is 9.78. The van der Waals surface area contributed by atoms with Gasteiger partial charge >= 0.3 is 5.97 Å². The van der Waals surface area contributed by atoms with Crippen LogP contribution in [-0.2, 0) is 18.8 Å². The number of likely N-dealkylation sites (tertiary alicyclic amines) is 1. The van der Waals surface area contributed by atoms with Gasteiger partial charge in [0.05, 0.1) is 18.1 Å². The molecule has 0 radical (unpaired) electrons. The van der Waals surface area contributed by atoms with Crippen LogP contribution < -0.4 is 0 Å². The maximum absolute atomic E-state index is 13.0. The number of ether oxygens (including phenoxy) is 1. The highest BCUT2D eigenvalue weighted by atomic mass is 32.1. The molecule has 0 N–H and O–H groups in total. The zero-order valence-electron chi connectivity index (χ0n) is 17.9. The van der Waals surface area contributed by atoms with E-state index in [2.05, 4.69) is 26.2 Å². The SMILES string of the molecule is C=CCOC(=O)CN1C(=O)[C@H](C(C)O[Si](C)(C)C)[C@H]1[C@@H](C)C(=S)c1ccccc1. The normalized spacial score (nSPS) is 21.1. The third-order valence-corrected chi connectivity index (χ3v) is 6.67. The van der Waals surface area contributed by atoms with Crippen molar-refractivity contribution >= 4 is 37.3 Å². The van der Waals surface area contributed by atoms with Crippen molar-refractivity contribution < 1.29 is 18.8 Å². The topological polar surface area (TPSA) is 55.8 Å². The van der Waals surface area contributed by atoms with E-state index >= 15 is 0 Å². The van der Waals surface area contributed by atoms with Gasteiger partial charge in [-0.3, -0.25) is 9.59 Å². The Labute approximate surface area is 180 Å². The molecule has 2 rings (SSSR count). The molecule has 1 aromatic carbocycles. The third-order valence-electron chi connectivity index (χ3n) is 4.99. The van der Waals surface area contributed by atoms with E-state index in [0.717, 1.165) is 10.4 Å². The van der Waals surface area contributed by atoms with E-state index in [4.69, 9.17) is 21.4 Å². The lowest BCUT2D eigenvalue weighted by atomic mass is 9.74. The molecule has 0 aromatic heterocycles. The number of nitrogens with zero attached hydrogens (tertiary/aromatic N) is 1. The molecule has 0 spiro atoms. The smallest absolute Gasteiger partial charge is 0.325 e. The summed E-state index contributed by atoms with van der Waals surface area (Å²) in [6.45, 7) is 13.8. The number of hydrogen-bond acceptors (Lipinski definition) is 5. The fourth-order valence-electron chi connectivity index (χ4n) is 3.83. The average Bonchev–Trinajstić information content (AvgIpc) is 2.66. The van der Waals surface area contributed by atoms with Crippen molar-refractivity contribution in [1.29, 1.82) is 0 Å². The molecule has 4 atom stereocenters. The quantitative estimate of drug-likeness (QED) is 0.140. The molecule has 0 aliphatic carbocycles. The van der Waals surface area contributed by atoms with Gasteiger partial charge in [-0.1, -0.05) is 62.1 Å². The number of carbonyl (C=O) groups is 2. The molecule has 1 aromatic rings. The summed E-state index contributed by atoms with van der Waals surface area (Å²) in [7, 11) is -1.83. The third kappa shape index (κ3) is 5.84. The molecule has 29 heavy (non-hydrogen) atoms. The van der Waals surface area contributed by atoms with Crippen LogP contribution in [0, 0.1) is 11.8 Å². The highest BCUT2D eigenvalue weighted by Gasteiger charge is 2.54. The summed E-state index contributed by atoms with van der Waals surface area (Å²) >= 11 is 5.74. The Morgan fingerprint density at radius 3 is 2.45 bits per heavy atom. The second-order valence-electron chi connectivity index (χ2n) is 8.41. The molecule has 7 heteroatoms. The van der Waals surface area contributed by atoms with Gasteiger partial charge in [-0.15, -0.1) is 0 Å². The predicted octanol–water partition coefficient (Wildman–Crippen LogP) is 3.84. The predicted molar refractivity (Wildman–Crippen MR) is 121 cm³/mol. The van der Waals surface area contributed by atoms with Crippen molar-refractivity contribution in [3.05, 3.63) is 48.6 Å². The first-order valence-corrected chi connectivity index (χ1v) is 13.7. The van der Waals surface area contributed by atoms with Crippen LogP contribution in [-0.4, -0.2) is 55.3 Å². The fraction of sp³-hybridized carbons (Fsp3) is 0.500. The largest absolute Gasteiger partial charge is 0.460 e. The van der Waals surface area contributed by atoms with E-state index in [0.29, 0.717) is 0 Å². The number of carbonyl (C=O) groups excluding carboxylic acids is 2. The summed E-state index contributed by atoms with van der Waals surface area (Å²) in [6, 6.07) is 9.56. The van der Waals surface area contributed by atoms with E-state index in [1.165, 1.54) is 6.08 Å². The van der Waals surface area contributed by atoms with Gasteiger partial charge in [-0.05, 0) is 32.1 Å². The zero-order valence-corrected chi connectivity index (χ0v) is 19.7. The number of benzene rings is 1. The van der Waals surface area contributed by atoms with Gasteiger partial charge in [0, 0.05) is 10.8 Å². The molecule has 1 fully saturated rings. The number of esters is 1. The van der Waals surface area contributed by atoms with E-state index in [1.807, 2.05) is 44.2 Å². The molecule has 1 unspecified atom stereocenters. The lowest BCUT2D eigenvalue weighted by molar-refractivity contribution is -0.171. The average molecular weight is 434 g/mol. The standard InChI is InChI=1S/C22H31NO4SSi/c1-7-13-26-18(24)14-23-20(15(2)21(28)17-11-9-8-10-12-17)19(22(23)25)16(3)27-29(4,5)6/h7-12,15-16,19-20H,1,13-14H2,2-6H3/t15-,16?,19-,20-/m1/s1. The van der Waals surface area contributed by atoms with Crippen molar-refractivity contribution in [2.24, 2.45) is 11.8 Å². The molecule has 1 heterocycles.